The van der Waals surface area contributed by atoms with Crippen molar-refractivity contribution in [1.29, 1.82) is 0 Å². The van der Waals surface area contributed by atoms with Crippen molar-refractivity contribution in [1.82, 2.24) is 9.88 Å². The highest BCUT2D eigenvalue weighted by molar-refractivity contribution is 6.29. The van der Waals surface area contributed by atoms with E-state index < -0.39 is 0 Å². The second-order valence-corrected chi connectivity index (χ2v) is 4.88. The van der Waals surface area contributed by atoms with Gasteiger partial charge in [0.05, 0.1) is 12.7 Å². The first-order chi connectivity index (χ1) is 8.15. The minimum Gasteiger partial charge on any atom is -0.374 e. The van der Waals surface area contributed by atoms with E-state index in [0.29, 0.717) is 5.15 Å². The molecule has 4 nitrogen and oxygen atoms in total. The summed E-state index contributed by atoms with van der Waals surface area (Å²) < 4.78 is 5.62. The Bertz CT molecular complexity index is 355. The van der Waals surface area contributed by atoms with E-state index in [9.17, 15) is 0 Å². The highest BCUT2D eigenvalue weighted by Crippen LogP contribution is 2.12. The van der Waals surface area contributed by atoms with E-state index in [1.54, 1.807) is 0 Å². The van der Waals surface area contributed by atoms with Gasteiger partial charge in [-0.25, -0.2) is 4.98 Å². The molecule has 2 N–H and O–H groups in total. The summed E-state index contributed by atoms with van der Waals surface area (Å²) >= 11 is 5.76. The molecule has 1 aliphatic heterocycles. The number of aromatic nitrogens is 1. The van der Waals surface area contributed by atoms with Crippen molar-refractivity contribution >= 4 is 11.6 Å². The van der Waals surface area contributed by atoms with Crippen molar-refractivity contribution in [2.24, 2.45) is 5.73 Å². The van der Waals surface area contributed by atoms with Crippen molar-refractivity contribution in [3.8, 4) is 0 Å². The number of ether oxygens (including phenoxy) is 1. The van der Waals surface area contributed by atoms with Crippen LogP contribution < -0.4 is 5.73 Å². The number of rotatable bonds is 3. The Morgan fingerprint density at radius 2 is 2.47 bits per heavy atom. The van der Waals surface area contributed by atoms with Gasteiger partial charge in [0.25, 0.3) is 0 Å². The number of pyridine rings is 1. The molecule has 0 amide bonds. The topological polar surface area (TPSA) is 51.4 Å². The molecule has 1 saturated heterocycles. The van der Waals surface area contributed by atoms with Crippen LogP contribution in [0.15, 0.2) is 18.3 Å². The lowest BCUT2D eigenvalue weighted by Gasteiger charge is -2.34. The summed E-state index contributed by atoms with van der Waals surface area (Å²) in [5, 5.41) is 0.532. The Morgan fingerprint density at radius 1 is 1.65 bits per heavy atom. The zero-order valence-corrected chi connectivity index (χ0v) is 10.7. The second kappa shape index (κ2) is 5.78. The third kappa shape index (κ3) is 3.64. The molecule has 1 fully saturated rings. The Kier molecular flexibility index (Phi) is 4.34. The summed E-state index contributed by atoms with van der Waals surface area (Å²) in [6, 6.07) is 3.90. The van der Waals surface area contributed by atoms with Crippen molar-refractivity contribution in [3.63, 3.8) is 0 Å². The van der Waals surface area contributed by atoms with Crippen LogP contribution in [0.4, 0.5) is 0 Å². The molecule has 1 aromatic rings. The minimum absolute atomic E-state index is 0.0705. The van der Waals surface area contributed by atoms with Gasteiger partial charge >= 0.3 is 0 Å². The van der Waals surface area contributed by atoms with Gasteiger partial charge in [0, 0.05) is 31.9 Å². The molecule has 0 spiro atoms. The quantitative estimate of drug-likeness (QED) is 0.827. The molecule has 17 heavy (non-hydrogen) atoms. The smallest absolute Gasteiger partial charge is 0.129 e. The third-order valence-electron chi connectivity index (χ3n) is 2.96. The van der Waals surface area contributed by atoms with Crippen LogP contribution in [-0.4, -0.2) is 41.7 Å². The summed E-state index contributed by atoms with van der Waals surface area (Å²) in [6.07, 6.45) is 1.95. The van der Waals surface area contributed by atoms with E-state index in [1.807, 2.05) is 25.3 Å². The summed E-state index contributed by atoms with van der Waals surface area (Å²) in [5.41, 5.74) is 7.03. The normalized spacial score (nSPS) is 23.6. The fourth-order valence-corrected chi connectivity index (χ4v) is 2.06. The largest absolute Gasteiger partial charge is 0.374 e. The van der Waals surface area contributed by atoms with Gasteiger partial charge in [-0.05, 0) is 18.6 Å². The van der Waals surface area contributed by atoms with Gasteiger partial charge < -0.3 is 10.5 Å². The van der Waals surface area contributed by atoms with E-state index in [0.717, 1.165) is 26.2 Å². The lowest BCUT2D eigenvalue weighted by molar-refractivity contribution is -0.0403. The Morgan fingerprint density at radius 3 is 3.12 bits per heavy atom. The fourth-order valence-electron chi connectivity index (χ4n) is 1.95. The van der Waals surface area contributed by atoms with E-state index >= 15 is 0 Å². The average Bonchev–Trinajstić information content (AvgIpc) is 2.32. The number of nitrogens with two attached hydrogens (primary N) is 1. The summed E-state index contributed by atoms with van der Waals surface area (Å²) in [6.45, 7) is 5.41. The Balaban J connectivity index is 1.92. The SMILES string of the molecule is CC(N)C1CN(Cc2ccc(Cl)nc2)CCO1. The molecule has 0 radical (unpaired) electrons. The lowest BCUT2D eigenvalue weighted by Crippen LogP contribution is -2.49. The van der Waals surface area contributed by atoms with Gasteiger partial charge in [-0.2, -0.15) is 0 Å². The molecular weight excluding hydrogens is 238 g/mol. The summed E-state index contributed by atoms with van der Waals surface area (Å²) in [4.78, 5) is 6.42. The van der Waals surface area contributed by atoms with Gasteiger partial charge in [0.15, 0.2) is 0 Å². The predicted molar refractivity (Wildman–Crippen MR) is 67.9 cm³/mol. The van der Waals surface area contributed by atoms with Crippen LogP contribution in [0.2, 0.25) is 5.15 Å². The number of nitrogens with zero attached hydrogens (tertiary/aromatic N) is 2. The molecule has 0 saturated carbocycles. The average molecular weight is 256 g/mol. The van der Waals surface area contributed by atoms with Gasteiger partial charge in [-0.3, -0.25) is 4.90 Å². The van der Waals surface area contributed by atoms with Gasteiger partial charge in [-0.15, -0.1) is 0 Å². The van der Waals surface area contributed by atoms with E-state index in [1.165, 1.54) is 5.56 Å². The molecule has 0 bridgehead atoms. The van der Waals surface area contributed by atoms with E-state index in [-0.39, 0.29) is 12.1 Å². The summed E-state index contributed by atoms with van der Waals surface area (Å²) in [7, 11) is 0. The van der Waals surface area contributed by atoms with Crippen molar-refractivity contribution in [2.45, 2.75) is 25.6 Å². The Hall–Kier alpha value is -0.680. The molecular formula is C12H18ClN3O. The van der Waals surface area contributed by atoms with Crippen molar-refractivity contribution < 1.29 is 4.74 Å². The number of hydrogen-bond donors (Lipinski definition) is 1. The molecule has 2 rings (SSSR count). The lowest BCUT2D eigenvalue weighted by atomic mass is 10.1. The third-order valence-corrected chi connectivity index (χ3v) is 3.18. The van der Waals surface area contributed by atoms with Crippen LogP contribution in [0.25, 0.3) is 0 Å². The zero-order valence-electron chi connectivity index (χ0n) is 9.97. The van der Waals surface area contributed by atoms with Crippen molar-refractivity contribution in [2.75, 3.05) is 19.7 Å². The molecule has 94 valence electrons. The maximum atomic E-state index is 5.86. The molecule has 1 aromatic heterocycles. The standard InChI is InChI=1S/C12H18ClN3O/c1-9(14)11-8-16(4-5-17-11)7-10-2-3-12(13)15-6-10/h2-3,6,9,11H,4-5,7-8,14H2,1H3. The first-order valence-corrected chi connectivity index (χ1v) is 6.23. The summed E-state index contributed by atoms with van der Waals surface area (Å²) in [5.74, 6) is 0. The molecule has 0 aromatic carbocycles. The van der Waals surface area contributed by atoms with Crippen LogP contribution in [0, 0.1) is 0 Å². The maximum absolute atomic E-state index is 5.86. The molecule has 5 heteroatoms. The Labute approximate surface area is 107 Å². The van der Waals surface area contributed by atoms with Crippen LogP contribution in [0.5, 0.6) is 0 Å². The highest BCUT2D eigenvalue weighted by Gasteiger charge is 2.23. The molecule has 0 aliphatic carbocycles. The first kappa shape index (κ1) is 12.8. The number of halogens is 1. The molecule has 2 heterocycles. The number of morpholine rings is 1. The zero-order chi connectivity index (χ0) is 12.3. The minimum atomic E-state index is 0.0705. The number of hydrogen-bond acceptors (Lipinski definition) is 4. The van der Waals surface area contributed by atoms with E-state index in [2.05, 4.69) is 9.88 Å². The van der Waals surface area contributed by atoms with Gasteiger partial charge in [0.1, 0.15) is 5.15 Å². The predicted octanol–water partition coefficient (Wildman–Crippen LogP) is 1.28. The van der Waals surface area contributed by atoms with Crippen molar-refractivity contribution in [3.05, 3.63) is 29.0 Å². The van der Waals surface area contributed by atoms with Crippen LogP contribution in [-0.2, 0) is 11.3 Å². The first-order valence-electron chi connectivity index (χ1n) is 5.85. The maximum Gasteiger partial charge on any atom is 0.129 e. The van der Waals surface area contributed by atoms with Gasteiger partial charge in [-0.1, -0.05) is 17.7 Å². The van der Waals surface area contributed by atoms with Crippen LogP contribution in [0.3, 0.4) is 0 Å². The van der Waals surface area contributed by atoms with E-state index in [4.69, 9.17) is 22.1 Å². The molecule has 2 unspecified atom stereocenters. The van der Waals surface area contributed by atoms with Crippen LogP contribution in [0.1, 0.15) is 12.5 Å². The highest BCUT2D eigenvalue weighted by atomic mass is 35.5. The van der Waals surface area contributed by atoms with Crippen LogP contribution >= 0.6 is 11.6 Å². The van der Waals surface area contributed by atoms with Gasteiger partial charge in [0.2, 0.25) is 0 Å². The molecule has 1 aliphatic rings. The second-order valence-electron chi connectivity index (χ2n) is 4.49. The monoisotopic (exact) mass is 255 g/mol. The molecule has 2 atom stereocenters. The fraction of sp³-hybridized carbons (Fsp3) is 0.583.